The Kier molecular flexibility index (Phi) is 43.0. The minimum absolute atomic E-state index is 0.0511. The molecule has 0 bridgehead atoms. The maximum Gasteiger partial charge on any atom is 0.292 e. The summed E-state index contributed by atoms with van der Waals surface area (Å²) in [5.74, 6) is -10.8. The molecule has 3 heterocycles. The number of aromatic nitrogens is 2. The number of fused-ring (bicyclic) bond motifs is 2. The molecule has 1 saturated heterocycles. The minimum Gasteiger partial charge on any atom is -0.441 e. The predicted molar refractivity (Wildman–Crippen MR) is 458 cm³/mol. The van der Waals surface area contributed by atoms with E-state index in [1.165, 1.54) is 61.1 Å². The number of oxime groups is 2. The summed E-state index contributed by atoms with van der Waals surface area (Å²) in [6.07, 6.45) is 7.66. The van der Waals surface area contributed by atoms with Gasteiger partial charge in [0.15, 0.2) is 46.0 Å². The molecule has 13 atom stereocenters. The van der Waals surface area contributed by atoms with Gasteiger partial charge in [-0.25, -0.2) is 4.98 Å². The Hall–Kier alpha value is -9.05. The number of unbranched alkanes of at least 4 members (excludes halogenated alkanes) is 2. The zero-order chi connectivity index (χ0) is 88.5. The van der Waals surface area contributed by atoms with Gasteiger partial charge in [0.1, 0.15) is 36.3 Å². The number of nitrogens with zero attached hydrogens (tertiary/aromatic N) is 8. The lowest BCUT2D eigenvalue weighted by Gasteiger charge is -2.36. The molecule has 2 aromatic heterocycles. The van der Waals surface area contributed by atoms with Gasteiger partial charge < -0.3 is 64.3 Å². The maximum absolute atomic E-state index is 15.1. The number of rotatable bonds is 29. The van der Waals surface area contributed by atoms with Crippen molar-refractivity contribution < 1.29 is 81.1 Å². The molecule has 5 rings (SSSR count). The van der Waals surface area contributed by atoms with E-state index >= 15 is 4.79 Å². The van der Waals surface area contributed by atoms with Crippen LogP contribution in [0.4, 0.5) is 6.01 Å². The number of ether oxygens (including phenoxy) is 1. The summed E-state index contributed by atoms with van der Waals surface area (Å²) in [6, 6.07) is 4.41. The summed E-state index contributed by atoms with van der Waals surface area (Å²) in [5.41, 5.74) is 10.3. The number of allylic oxidation sites excluding steroid dienone is 2. The lowest BCUT2D eigenvalue weighted by Crippen LogP contribution is -2.53. The summed E-state index contributed by atoms with van der Waals surface area (Å²) in [4.78, 5) is 185. The number of aliphatic hydroxyl groups excluding tert-OH is 1. The molecule has 5 N–H and O–H groups in total. The molecule has 0 unspecified atom stereocenters. The number of nitrogens with one attached hydrogen (secondary N) is 2. The van der Waals surface area contributed by atoms with E-state index in [1.54, 1.807) is 85.9 Å². The van der Waals surface area contributed by atoms with Gasteiger partial charge in [-0.2, -0.15) is 4.98 Å². The number of benzene rings is 2. The van der Waals surface area contributed by atoms with Gasteiger partial charge in [-0.05, 0) is 155 Å². The summed E-state index contributed by atoms with van der Waals surface area (Å²) < 4.78 is 17.1. The van der Waals surface area contributed by atoms with Crippen molar-refractivity contribution in [2.24, 2.45) is 75.4 Å². The molecule has 1 aliphatic heterocycles. The van der Waals surface area contributed by atoms with Gasteiger partial charge in [0, 0.05) is 110 Å². The third-order valence-electron chi connectivity index (χ3n) is 21.8. The Labute approximate surface area is 700 Å². The SMILES string of the molecule is C/C=C/C[C@@H](C)[C@@H](O)[C@@H]1CC(=O)[C@H](C(C)C)N(C)C(=O)[C@H](CC(C)C)CC(=O)[C@H](CC(C)C)N(C)C(=O)[C@@H](C)NC(=O)[C@H](C)CC(=O)[C@H](CC(C)C)N(C)C(=O)[C@H](C(C)C)CC(=O)[C@H]([C@@H](C)OCCC/C=N/OCc2ccc3oc(N)nc3c2)N(C)C(=O)CCC(=O)[C@H](CC)NC1=O.Cc1nc2cc(CO/N=C/CCCC(C)C)ccc2o1. The third kappa shape index (κ3) is 32.2. The first-order valence-corrected chi connectivity index (χ1v) is 42.5. The molecular weight excluding hydrogens is 1510 g/mol. The standard InChI is InChI=1S/C74H119N9O15.C16H22N2O2/c1-21-23-26-47(13)68(90)54-40-62(87)66(46(11)12)83(20)72(94)52(33-42(3)4)38-61(86)58(35-44(7)8)80(17)71(93)49(15)77-69(91)48(14)36-60(85)57(34-43(5)6)81(18)73(95)53(45(9)10)39-63(88)67(82(19)65(89)30-28-59(84)55(22-2)78-70(54)92)50(16)96-32-25-24-31-76-97-41-51-27-29-64-56(37-51)79-74(75)98-64;1-12(2)6-4-5-9-17-19-11-14-7-8-16-15(10-14)18-13(3)20-16/h21,23,27,29,31,37,42-50,52-55,57-58,66-68,90H,22,24-26,28,30,32-36,38-41H2,1-20H3,(H2,75,79)(H,77,91)(H,78,92);7-10,12H,4-6,11H2,1-3H3/b23-21+,76-31+;17-9+/t47-,48-,49-,50-,52-,53+,54+,55+,57+,58+,66+,67+,68-;/m1./s1. The van der Waals surface area contributed by atoms with Crippen LogP contribution in [-0.2, 0) is 80.4 Å². The van der Waals surface area contributed by atoms with Crippen molar-refractivity contribution in [3.8, 4) is 0 Å². The number of nitrogen functional groups attached to an aromatic ring is 1. The highest BCUT2D eigenvalue weighted by atomic mass is 16.6. The van der Waals surface area contributed by atoms with Crippen molar-refractivity contribution in [1.29, 1.82) is 0 Å². The molecule has 28 heteroatoms. The van der Waals surface area contributed by atoms with Crippen molar-refractivity contribution in [2.75, 3.05) is 40.5 Å². The Morgan fingerprint density at radius 1 is 0.585 bits per heavy atom. The van der Waals surface area contributed by atoms with E-state index in [4.69, 9.17) is 29.0 Å². The van der Waals surface area contributed by atoms with E-state index in [2.05, 4.69) is 44.8 Å². The lowest BCUT2D eigenvalue weighted by atomic mass is 9.82. The van der Waals surface area contributed by atoms with Crippen LogP contribution < -0.4 is 16.4 Å². The van der Waals surface area contributed by atoms with Crippen LogP contribution in [0.5, 0.6) is 0 Å². The van der Waals surface area contributed by atoms with E-state index in [0.29, 0.717) is 42.9 Å². The number of anilines is 1. The highest BCUT2D eigenvalue weighted by molar-refractivity contribution is 6.00. The van der Waals surface area contributed by atoms with Gasteiger partial charge >= 0.3 is 0 Å². The number of hydrogen-bond acceptors (Lipinski definition) is 22. The molecule has 2 aromatic carbocycles. The number of ketones is 5. The van der Waals surface area contributed by atoms with Gasteiger partial charge in [-0.15, -0.1) is 0 Å². The fourth-order valence-corrected chi connectivity index (χ4v) is 15.0. The van der Waals surface area contributed by atoms with Crippen LogP contribution in [-0.4, -0.2) is 195 Å². The van der Waals surface area contributed by atoms with Crippen LogP contribution in [0, 0.1) is 72.0 Å². The van der Waals surface area contributed by atoms with E-state index in [9.17, 15) is 53.1 Å². The van der Waals surface area contributed by atoms with Crippen molar-refractivity contribution in [2.45, 2.75) is 296 Å². The van der Waals surface area contributed by atoms with Crippen molar-refractivity contribution in [1.82, 2.24) is 40.2 Å². The molecule has 0 spiro atoms. The highest BCUT2D eigenvalue weighted by Crippen LogP contribution is 2.31. The second-order valence-corrected chi connectivity index (χ2v) is 34.6. The fourth-order valence-electron chi connectivity index (χ4n) is 15.0. The van der Waals surface area contributed by atoms with Crippen LogP contribution in [0.25, 0.3) is 22.2 Å². The van der Waals surface area contributed by atoms with E-state index in [0.717, 1.165) is 41.0 Å². The number of hydrogen-bond donors (Lipinski definition) is 4. The van der Waals surface area contributed by atoms with Gasteiger partial charge in [-0.3, -0.25) is 52.7 Å². The summed E-state index contributed by atoms with van der Waals surface area (Å²) in [6.45, 7) is 35.4. The zero-order valence-corrected chi connectivity index (χ0v) is 74.8. The largest absolute Gasteiger partial charge is 0.441 e. The first-order valence-electron chi connectivity index (χ1n) is 42.5. The Bertz CT molecular complexity index is 4010. The number of oxazole rings is 2. The van der Waals surface area contributed by atoms with Crippen LogP contribution in [0.1, 0.15) is 244 Å². The van der Waals surface area contributed by atoms with E-state index in [-0.39, 0.29) is 88.3 Å². The number of amides is 6. The number of aryl methyl sites for hydroxylation is 1. The average Bonchev–Trinajstić information content (AvgIpc) is 1.10. The van der Waals surface area contributed by atoms with E-state index < -0.39 is 167 Å². The molecule has 4 aromatic rings. The van der Waals surface area contributed by atoms with Crippen LogP contribution in [0.2, 0.25) is 0 Å². The summed E-state index contributed by atoms with van der Waals surface area (Å²) >= 11 is 0. The molecule has 118 heavy (non-hydrogen) atoms. The second-order valence-electron chi connectivity index (χ2n) is 34.6. The Morgan fingerprint density at radius 3 is 1.66 bits per heavy atom. The zero-order valence-electron chi connectivity index (χ0n) is 74.8. The first kappa shape index (κ1) is 101. The number of likely N-dealkylation sites (N-methyl/N-ethyl adjacent to an activating group) is 4. The second kappa shape index (κ2) is 50.1. The average molecular weight is 1650 g/mol. The maximum atomic E-state index is 15.1. The molecule has 28 nitrogen and oxygen atoms in total. The highest BCUT2D eigenvalue weighted by Gasteiger charge is 2.44. The van der Waals surface area contributed by atoms with Crippen molar-refractivity contribution in [3.05, 3.63) is 65.6 Å². The van der Waals surface area contributed by atoms with Crippen LogP contribution >= 0.6 is 0 Å². The minimum atomic E-state index is -1.40. The first-order chi connectivity index (χ1) is 55.5. The molecular formula is C90H141N11O17. The third-order valence-corrected chi connectivity index (χ3v) is 21.8. The lowest BCUT2D eigenvalue weighted by molar-refractivity contribution is -0.148. The van der Waals surface area contributed by atoms with Crippen molar-refractivity contribution in [3.63, 3.8) is 0 Å². The van der Waals surface area contributed by atoms with Gasteiger partial charge in [0.25, 0.3) is 6.01 Å². The molecule has 0 radical (unpaired) electrons. The predicted octanol–water partition coefficient (Wildman–Crippen LogP) is 13.4. The summed E-state index contributed by atoms with van der Waals surface area (Å²) in [5, 5.41) is 25.6. The number of nitrogens with two attached hydrogens (primary N) is 1. The topological polar surface area (TPSA) is 376 Å². The number of Topliss-reactive ketones (excluding diaryl/α,β-unsaturated/α-hetero) is 5. The molecule has 1 fully saturated rings. The molecule has 1 aliphatic rings. The molecule has 6 amide bonds. The summed E-state index contributed by atoms with van der Waals surface area (Å²) in [7, 11) is 5.87. The number of carbonyl (C=O) groups is 11. The number of carbonyl (C=O) groups excluding carboxylic acids is 11. The molecule has 658 valence electrons. The van der Waals surface area contributed by atoms with Crippen LogP contribution in [0.15, 0.2) is 67.7 Å². The van der Waals surface area contributed by atoms with Gasteiger partial charge in [-0.1, -0.05) is 145 Å². The Morgan fingerprint density at radius 2 is 1.12 bits per heavy atom. The van der Waals surface area contributed by atoms with E-state index in [1.807, 2.05) is 85.9 Å². The monoisotopic (exact) mass is 1650 g/mol. The van der Waals surface area contributed by atoms with Crippen molar-refractivity contribution >= 4 is 105 Å². The van der Waals surface area contributed by atoms with Gasteiger partial charge in [0.2, 0.25) is 35.4 Å². The fraction of sp³-hybridized carbons (Fsp3) is 0.678. The van der Waals surface area contributed by atoms with Crippen LogP contribution in [0.3, 0.4) is 0 Å². The molecule has 0 aliphatic carbocycles. The quantitative estimate of drug-likeness (QED) is 0.0170. The smallest absolute Gasteiger partial charge is 0.292 e. The molecule has 0 saturated carbocycles. The van der Waals surface area contributed by atoms with Gasteiger partial charge in [0.05, 0.1) is 42.3 Å². The Balaban J connectivity index is 0.00000126. The number of aliphatic hydroxyl groups is 1. The normalized spacial score (nSPS) is 23.1.